The average Bonchev–Trinajstić information content (AvgIpc) is 2.74. The van der Waals surface area contributed by atoms with Gasteiger partial charge >= 0.3 is 0 Å². The number of hydrogen-bond acceptors (Lipinski definition) is 2. The summed E-state index contributed by atoms with van der Waals surface area (Å²) in [6, 6.07) is 7.68. The van der Waals surface area contributed by atoms with E-state index in [1.165, 1.54) is 0 Å². The molecule has 0 N–H and O–H groups in total. The highest BCUT2D eigenvalue weighted by Gasteiger charge is 2.11. The first-order chi connectivity index (χ1) is 8.26. The molecule has 0 aliphatic carbocycles. The Bertz CT molecular complexity index is 493. The van der Waals surface area contributed by atoms with E-state index < -0.39 is 0 Å². The molecule has 0 radical (unpaired) electrons. The molecule has 0 spiro atoms. The molecule has 1 aromatic heterocycles. The van der Waals surface area contributed by atoms with Crippen LogP contribution in [0.15, 0.2) is 24.3 Å². The third kappa shape index (κ3) is 2.69. The zero-order chi connectivity index (χ0) is 12.3. The molecule has 0 amide bonds. The number of rotatable bonds is 4. The van der Waals surface area contributed by atoms with Crippen molar-refractivity contribution in [3.05, 3.63) is 35.1 Å². The summed E-state index contributed by atoms with van der Waals surface area (Å²) >= 11 is 9.31. The molecule has 0 aliphatic rings. The van der Waals surface area contributed by atoms with E-state index in [0.717, 1.165) is 35.2 Å². The number of benzene rings is 1. The molecule has 17 heavy (non-hydrogen) atoms. The molecule has 0 unspecified atom stereocenters. The molecule has 3 nitrogen and oxygen atoms in total. The SMILES string of the molecule is CCCn1c(CBr)nnc1-c1ccc(Cl)cc1. The van der Waals surface area contributed by atoms with Crippen molar-refractivity contribution in [3.8, 4) is 11.4 Å². The molecular formula is C12H13BrClN3. The van der Waals surface area contributed by atoms with Crippen LogP contribution < -0.4 is 0 Å². The maximum absolute atomic E-state index is 5.88. The number of alkyl halides is 1. The van der Waals surface area contributed by atoms with E-state index in [1.807, 2.05) is 24.3 Å². The molecule has 0 aliphatic heterocycles. The molecule has 90 valence electrons. The Balaban J connectivity index is 2.43. The summed E-state index contributed by atoms with van der Waals surface area (Å²) in [5.41, 5.74) is 1.04. The van der Waals surface area contributed by atoms with Crippen molar-refractivity contribution in [1.82, 2.24) is 14.8 Å². The molecule has 1 aromatic carbocycles. The van der Waals surface area contributed by atoms with Gasteiger partial charge in [-0.2, -0.15) is 0 Å². The van der Waals surface area contributed by atoms with Gasteiger partial charge < -0.3 is 4.57 Å². The quantitative estimate of drug-likeness (QED) is 0.801. The minimum absolute atomic E-state index is 0.716. The minimum Gasteiger partial charge on any atom is -0.310 e. The molecule has 5 heteroatoms. The van der Waals surface area contributed by atoms with Gasteiger partial charge in [-0.1, -0.05) is 34.5 Å². The Morgan fingerprint density at radius 3 is 2.53 bits per heavy atom. The molecular weight excluding hydrogens is 302 g/mol. The second kappa shape index (κ2) is 5.65. The zero-order valence-electron chi connectivity index (χ0n) is 9.53. The van der Waals surface area contributed by atoms with Crippen LogP contribution in [0, 0.1) is 0 Å². The summed E-state index contributed by atoms with van der Waals surface area (Å²) in [6.07, 6.45) is 1.05. The van der Waals surface area contributed by atoms with Crippen molar-refractivity contribution in [3.63, 3.8) is 0 Å². The topological polar surface area (TPSA) is 30.7 Å². The van der Waals surface area contributed by atoms with E-state index in [9.17, 15) is 0 Å². The first-order valence-corrected chi connectivity index (χ1v) is 7.00. The van der Waals surface area contributed by atoms with Gasteiger partial charge in [0, 0.05) is 17.1 Å². The van der Waals surface area contributed by atoms with E-state index in [2.05, 4.69) is 37.6 Å². The standard InChI is InChI=1S/C12H13BrClN3/c1-2-7-17-11(8-13)15-16-12(17)9-3-5-10(14)6-4-9/h3-6H,2,7-8H2,1H3. The monoisotopic (exact) mass is 313 g/mol. The van der Waals surface area contributed by atoms with E-state index in [0.29, 0.717) is 5.33 Å². The lowest BCUT2D eigenvalue weighted by molar-refractivity contribution is 0.661. The predicted molar refractivity (Wildman–Crippen MR) is 73.4 cm³/mol. The summed E-state index contributed by atoms with van der Waals surface area (Å²) in [7, 11) is 0. The lowest BCUT2D eigenvalue weighted by atomic mass is 10.2. The molecule has 1 heterocycles. The highest BCUT2D eigenvalue weighted by Crippen LogP contribution is 2.21. The Morgan fingerprint density at radius 1 is 1.24 bits per heavy atom. The maximum Gasteiger partial charge on any atom is 0.163 e. The van der Waals surface area contributed by atoms with E-state index >= 15 is 0 Å². The molecule has 0 atom stereocenters. The summed E-state index contributed by atoms with van der Waals surface area (Å²) < 4.78 is 2.14. The van der Waals surface area contributed by atoms with Crippen LogP contribution >= 0.6 is 27.5 Å². The molecule has 0 fully saturated rings. The first kappa shape index (κ1) is 12.6. The van der Waals surface area contributed by atoms with Gasteiger partial charge in [-0.05, 0) is 30.7 Å². The minimum atomic E-state index is 0.716. The molecule has 2 aromatic rings. The number of nitrogens with zero attached hydrogens (tertiary/aromatic N) is 3. The van der Waals surface area contributed by atoms with Crippen LogP contribution in [0.25, 0.3) is 11.4 Å². The average molecular weight is 315 g/mol. The van der Waals surface area contributed by atoms with Crippen LogP contribution in [-0.4, -0.2) is 14.8 Å². The molecule has 0 bridgehead atoms. The second-order valence-electron chi connectivity index (χ2n) is 3.73. The van der Waals surface area contributed by atoms with Gasteiger partial charge in [-0.3, -0.25) is 0 Å². The van der Waals surface area contributed by atoms with Gasteiger partial charge in [-0.25, -0.2) is 0 Å². The lowest BCUT2D eigenvalue weighted by Crippen LogP contribution is -2.03. The number of halogens is 2. The molecule has 2 rings (SSSR count). The number of aromatic nitrogens is 3. The fourth-order valence-electron chi connectivity index (χ4n) is 1.71. The second-order valence-corrected chi connectivity index (χ2v) is 4.73. The normalized spacial score (nSPS) is 10.8. The van der Waals surface area contributed by atoms with Crippen molar-refractivity contribution in [2.24, 2.45) is 0 Å². The summed E-state index contributed by atoms with van der Waals surface area (Å²) in [5.74, 6) is 1.86. The van der Waals surface area contributed by atoms with Gasteiger partial charge in [0.15, 0.2) is 5.82 Å². The van der Waals surface area contributed by atoms with Gasteiger partial charge in [0.05, 0.1) is 5.33 Å². The van der Waals surface area contributed by atoms with Crippen molar-refractivity contribution in [2.45, 2.75) is 25.2 Å². The largest absolute Gasteiger partial charge is 0.310 e. The number of hydrogen-bond donors (Lipinski definition) is 0. The highest BCUT2D eigenvalue weighted by molar-refractivity contribution is 9.08. The zero-order valence-corrected chi connectivity index (χ0v) is 11.9. The van der Waals surface area contributed by atoms with Crippen LogP contribution in [0.2, 0.25) is 5.02 Å². The Morgan fingerprint density at radius 2 is 1.94 bits per heavy atom. The van der Waals surface area contributed by atoms with Crippen molar-refractivity contribution in [1.29, 1.82) is 0 Å². The van der Waals surface area contributed by atoms with Crippen molar-refractivity contribution in [2.75, 3.05) is 0 Å². The summed E-state index contributed by atoms with van der Waals surface area (Å²) in [4.78, 5) is 0. The van der Waals surface area contributed by atoms with Crippen LogP contribution in [0.1, 0.15) is 19.2 Å². The summed E-state index contributed by atoms with van der Waals surface area (Å²) in [5, 5.41) is 9.88. The van der Waals surface area contributed by atoms with Gasteiger partial charge in [0.25, 0.3) is 0 Å². The van der Waals surface area contributed by atoms with Gasteiger partial charge in [-0.15, -0.1) is 10.2 Å². The molecule has 0 saturated carbocycles. The van der Waals surface area contributed by atoms with Gasteiger partial charge in [0.1, 0.15) is 5.82 Å². The third-order valence-electron chi connectivity index (χ3n) is 2.50. The third-order valence-corrected chi connectivity index (χ3v) is 3.25. The maximum atomic E-state index is 5.88. The fourth-order valence-corrected chi connectivity index (χ4v) is 2.25. The highest BCUT2D eigenvalue weighted by atomic mass is 79.9. The Kier molecular flexibility index (Phi) is 4.18. The fraction of sp³-hybridized carbons (Fsp3) is 0.333. The van der Waals surface area contributed by atoms with Crippen LogP contribution in [0.3, 0.4) is 0 Å². The van der Waals surface area contributed by atoms with Gasteiger partial charge in [0.2, 0.25) is 0 Å². The van der Waals surface area contributed by atoms with E-state index in [1.54, 1.807) is 0 Å². The first-order valence-electron chi connectivity index (χ1n) is 5.50. The lowest BCUT2D eigenvalue weighted by Gasteiger charge is -2.07. The summed E-state index contributed by atoms with van der Waals surface area (Å²) in [6.45, 7) is 3.07. The van der Waals surface area contributed by atoms with E-state index in [4.69, 9.17) is 11.6 Å². The van der Waals surface area contributed by atoms with Crippen molar-refractivity contribution < 1.29 is 0 Å². The predicted octanol–water partition coefficient (Wildman–Crippen LogP) is 3.90. The van der Waals surface area contributed by atoms with Crippen LogP contribution in [0.4, 0.5) is 0 Å². The smallest absolute Gasteiger partial charge is 0.163 e. The van der Waals surface area contributed by atoms with Crippen LogP contribution in [-0.2, 0) is 11.9 Å². The van der Waals surface area contributed by atoms with E-state index in [-0.39, 0.29) is 0 Å². The van der Waals surface area contributed by atoms with Crippen molar-refractivity contribution >= 4 is 27.5 Å². The van der Waals surface area contributed by atoms with Crippen LogP contribution in [0.5, 0.6) is 0 Å². The molecule has 0 saturated heterocycles. The Hall–Kier alpha value is -0.870. The Labute approximate surface area is 114 Å².